The summed E-state index contributed by atoms with van der Waals surface area (Å²) in [6, 6.07) is 0. The van der Waals surface area contributed by atoms with Gasteiger partial charge in [-0.2, -0.15) is 5.10 Å². The monoisotopic (exact) mass is 296 g/mol. The van der Waals surface area contributed by atoms with Gasteiger partial charge in [-0.1, -0.05) is 13.8 Å². The van der Waals surface area contributed by atoms with Gasteiger partial charge in [-0.05, 0) is 38.9 Å². The Kier molecular flexibility index (Phi) is 4.52. The van der Waals surface area contributed by atoms with Gasteiger partial charge in [0.05, 0.1) is 15.6 Å². The Labute approximate surface area is 122 Å². The second-order valence-electron chi connectivity index (χ2n) is 4.58. The predicted molar refractivity (Wildman–Crippen MR) is 82.3 cm³/mol. The third kappa shape index (κ3) is 2.65. The molecule has 0 saturated carbocycles. The van der Waals surface area contributed by atoms with Gasteiger partial charge in [0.15, 0.2) is 10.6 Å². The molecule has 0 amide bonds. The van der Waals surface area contributed by atoms with Crippen molar-refractivity contribution in [2.45, 2.75) is 53.0 Å². The second-order valence-corrected chi connectivity index (χ2v) is 5.99. The average Bonchev–Trinajstić information content (AvgIpc) is 2.94. The zero-order chi connectivity index (χ0) is 14.0. The first-order chi connectivity index (χ1) is 9.12. The van der Waals surface area contributed by atoms with Crippen molar-refractivity contribution < 1.29 is 0 Å². The topological polar surface area (TPSA) is 46.5 Å². The highest BCUT2D eigenvalue weighted by Gasteiger charge is 2.19. The first-order valence-electron chi connectivity index (χ1n) is 6.75. The number of aryl methyl sites for hydroxylation is 1. The van der Waals surface area contributed by atoms with E-state index in [2.05, 4.69) is 37.9 Å². The summed E-state index contributed by atoms with van der Waals surface area (Å²) in [7, 11) is 0. The molecule has 2 rings (SSSR count). The number of thiazole rings is 1. The van der Waals surface area contributed by atoms with E-state index in [9.17, 15) is 0 Å². The van der Waals surface area contributed by atoms with Gasteiger partial charge in [-0.25, -0.2) is 4.98 Å². The van der Waals surface area contributed by atoms with E-state index in [0.29, 0.717) is 10.7 Å². The smallest absolute Gasteiger partial charge is 0.195 e. The molecule has 0 radical (unpaired) electrons. The van der Waals surface area contributed by atoms with Crippen LogP contribution in [0.3, 0.4) is 0 Å². The van der Waals surface area contributed by atoms with Gasteiger partial charge in [-0.15, -0.1) is 11.3 Å². The standard InChI is InChI=1S/C13H20N4S2/c1-5-9(6-2)12-14-8(4)10(19-12)11-15-16-13(18)17(11)7-3/h9H,5-7H2,1-4H3,(H,16,18). The summed E-state index contributed by atoms with van der Waals surface area (Å²) in [6.07, 6.45) is 2.26. The Bertz CT molecular complexity index is 604. The van der Waals surface area contributed by atoms with Crippen LogP contribution in [0.15, 0.2) is 0 Å². The van der Waals surface area contributed by atoms with Crippen LogP contribution in [0.25, 0.3) is 10.7 Å². The molecule has 104 valence electrons. The van der Waals surface area contributed by atoms with Crippen LogP contribution in [0.2, 0.25) is 0 Å². The minimum atomic E-state index is 0.550. The van der Waals surface area contributed by atoms with E-state index < -0.39 is 0 Å². The first-order valence-corrected chi connectivity index (χ1v) is 7.97. The Morgan fingerprint density at radius 3 is 2.58 bits per heavy atom. The maximum Gasteiger partial charge on any atom is 0.195 e. The molecule has 0 bridgehead atoms. The molecule has 2 aromatic rings. The van der Waals surface area contributed by atoms with Crippen LogP contribution in [-0.2, 0) is 6.54 Å². The summed E-state index contributed by atoms with van der Waals surface area (Å²) < 4.78 is 2.70. The molecule has 0 aliphatic carbocycles. The molecule has 1 N–H and O–H groups in total. The van der Waals surface area contributed by atoms with Crippen LogP contribution >= 0.6 is 23.6 Å². The van der Waals surface area contributed by atoms with Crippen molar-refractivity contribution in [3.05, 3.63) is 15.5 Å². The molecule has 0 aliphatic heterocycles. The summed E-state index contributed by atoms with van der Waals surface area (Å²) in [5.41, 5.74) is 1.05. The van der Waals surface area contributed by atoms with E-state index in [0.717, 1.165) is 35.8 Å². The maximum absolute atomic E-state index is 5.25. The fourth-order valence-electron chi connectivity index (χ4n) is 2.22. The van der Waals surface area contributed by atoms with Crippen molar-refractivity contribution in [2.75, 3.05) is 0 Å². The fourth-order valence-corrected chi connectivity index (χ4v) is 3.82. The van der Waals surface area contributed by atoms with Gasteiger partial charge in [0.25, 0.3) is 0 Å². The van der Waals surface area contributed by atoms with E-state index >= 15 is 0 Å². The lowest BCUT2D eigenvalue weighted by Gasteiger charge is -2.06. The highest BCUT2D eigenvalue weighted by atomic mass is 32.1. The van der Waals surface area contributed by atoms with Crippen LogP contribution in [0.5, 0.6) is 0 Å². The SMILES string of the molecule is CCC(CC)c1nc(C)c(-c2n[nH]c(=S)n2CC)s1. The minimum absolute atomic E-state index is 0.550. The quantitative estimate of drug-likeness (QED) is 0.837. The first kappa shape index (κ1) is 14.4. The zero-order valence-electron chi connectivity index (χ0n) is 11.9. The van der Waals surface area contributed by atoms with Gasteiger partial charge in [0, 0.05) is 12.5 Å². The molecule has 0 spiro atoms. The molecular weight excluding hydrogens is 276 g/mol. The maximum atomic E-state index is 5.25. The van der Waals surface area contributed by atoms with E-state index in [1.54, 1.807) is 11.3 Å². The number of rotatable bonds is 5. The Hall–Kier alpha value is -1.01. The Balaban J connectivity index is 2.48. The number of H-pyrrole nitrogens is 1. The van der Waals surface area contributed by atoms with Crippen molar-refractivity contribution in [1.82, 2.24) is 19.7 Å². The molecule has 2 heterocycles. The van der Waals surface area contributed by atoms with E-state index in [4.69, 9.17) is 17.2 Å². The summed E-state index contributed by atoms with van der Waals surface area (Å²) >= 11 is 7.00. The molecule has 6 heteroatoms. The number of nitrogens with one attached hydrogen (secondary N) is 1. The largest absolute Gasteiger partial charge is 0.300 e. The minimum Gasteiger partial charge on any atom is -0.300 e. The lowest BCUT2D eigenvalue weighted by Crippen LogP contribution is -1.97. The third-order valence-corrected chi connectivity index (χ3v) is 5.05. The highest BCUT2D eigenvalue weighted by Crippen LogP contribution is 2.34. The normalized spacial score (nSPS) is 11.4. The van der Waals surface area contributed by atoms with E-state index in [1.807, 2.05) is 4.57 Å². The Morgan fingerprint density at radius 2 is 2.00 bits per heavy atom. The molecule has 4 nitrogen and oxygen atoms in total. The van der Waals surface area contributed by atoms with Crippen molar-refractivity contribution in [3.63, 3.8) is 0 Å². The van der Waals surface area contributed by atoms with Crippen LogP contribution in [-0.4, -0.2) is 19.7 Å². The number of aromatic amines is 1. The predicted octanol–water partition coefficient (Wildman–Crippen LogP) is 4.30. The van der Waals surface area contributed by atoms with E-state index in [1.165, 1.54) is 5.01 Å². The third-order valence-electron chi connectivity index (χ3n) is 3.43. The molecule has 0 aliphatic rings. The number of hydrogen-bond donors (Lipinski definition) is 1. The fraction of sp³-hybridized carbons (Fsp3) is 0.615. The highest BCUT2D eigenvalue weighted by molar-refractivity contribution is 7.71. The van der Waals surface area contributed by atoms with Gasteiger partial charge in [0.2, 0.25) is 0 Å². The summed E-state index contributed by atoms with van der Waals surface area (Å²) in [5, 5.41) is 8.45. The van der Waals surface area contributed by atoms with Gasteiger partial charge in [-0.3, -0.25) is 9.67 Å². The Morgan fingerprint density at radius 1 is 1.32 bits per heavy atom. The van der Waals surface area contributed by atoms with E-state index in [-0.39, 0.29) is 0 Å². The van der Waals surface area contributed by atoms with Gasteiger partial charge in [0.1, 0.15) is 0 Å². The van der Waals surface area contributed by atoms with Crippen molar-refractivity contribution >= 4 is 23.6 Å². The molecule has 2 aromatic heterocycles. The summed E-state index contributed by atoms with van der Waals surface area (Å²) in [6.45, 7) is 9.38. The molecule has 0 atom stereocenters. The molecule has 0 unspecified atom stereocenters. The summed E-state index contributed by atoms with van der Waals surface area (Å²) in [4.78, 5) is 5.87. The molecular formula is C13H20N4S2. The van der Waals surface area contributed by atoms with Gasteiger partial charge >= 0.3 is 0 Å². The molecule has 0 saturated heterocycles. The number of hydrogen-bond acceptors (Lipinski definition) is 4. The van der Waals surface area contributed by atoms with Crippen LogP contribution in [0, 0.1) is 11.7 Å². The van der Waals surface area contributed by atoms with Gasteiger partial charge < -0.3 is 0 Å². The van der Waals surface area contributed by atoms with Crippen LogP contribution < -0.4 is 0 Å². The molecule has 0 aromatic carbocycles. The van der Waals surface area contributed by atoms with Crippen molar-refractivity contribution in [2.24, 2.45) is 0 Å². The molecule has 19 heavy (non-hydrogen) atoms. The van der Waals surface area contributed by atoms with Crippen molar-refractivity contribution in [3.8, 4) is 10.7 Å². The number of nitrogens with zero attached hydrogens (tertiary/aromatic N) is 3. The lowest BCUT2D eigenvalue weighted by atomic mass is 10.1. The second kappa shape index (κ2) is 5.96. The average molecular weight is 296 g/mol. The molecule has 0 fully saturated rings. The number of aromatic nitrogens is 4. The zero-order valence-corrected chi connectivity index (χ0v) is 13.5. The van der Waals surface area contributed by atoms with Crippen LogP contribution in [0.4, 0.5) is 0 Å². The van der Waals surface area contributed by atoms with Crippen molar-refractivity contribution in [1.29, 1.82) is 0 Å². The lowest BCUT2D eigenvalue weighted by molar-refractivity contribution is 0.636. The summed E-state index contributed by atoms with van der Waals surface area (Å²) in [5.74, 6) is 1.47. The van der Waals surface area contributed by atoms with Crippen LogP contribution in [0.1, 0.15) is 50.2 Å².